The third-order valence-corrected chi connectivity index (χ3v) is 4.84. The highest BCUT2D eigenvalue weighted by Crippen LogP contribution is 2.49. The third-order valence-electron chi connectivity index (χ3n) is 3.66. The molecule has 1 aliphatic carbocycles. The zero-order chi connectivity index (χ0) is 11.0. The first-order valence-corrected chi connectivity index (χ1v) is 6.68. The number of isocyanates is 1. The topological polar surface area (TPSA) is 29.4 Å². The predicted octanol–water partition coefficient (Wildman–Crippen LogP) is 3.05. The Labute approximate surface area is 99.2 Å². The Morgan fingerprint density at radius 3 is 2.94 bits per heavy atom. The van der Waals surface area contributed by atoms with E-state index in [1.54, 1.807) is 6.08 Å². The van der Waals surface area contributed by atoms with Crippen LogP contribution >= 0.6 is 11.8 Å². The maximum atomic E-state index is 10.6. The minimum atomic E-state index is -0.232. The Bertz CT molecular complexity index is 473. The van der Waals surface area contributed by atoms with Crippen LogP contribution in [0.2, 0.25) is 0 Å². The summed E-state index contributed by atoms with van der Waals surface area (Å²) in [7, 11) is 0. The van der Waals surface area contributed by atoms with Gasteiger partial charge in [0.2, 0.25) is 6.08 Å². The standard InChI is InChI=1S/C13H13NOS/c15-9-14-13(6-2-7-13)11-4-1-3-10-5-8-16-12(10)11/h1,3-4H,2,5-8H2. The highest BCUT2D eigenvalue weighted by molar-refractivity contribution is 7.99. The van der Waals surface area contributed by atoms with Crippen LogP contribution in [-0.4, -0.2) is 11.8 Å². The van der Waals surface area contributed by atoms with Gasteiger partial charge in [-0.05, 0) is 36.8 Å². The van der Waals surface area contributed by atoms with Crippen LogP contribution in [0, 0.1) is 0 Å². The summed E-state index contributed by atoms with van der Waals surface area (Å²) in [6, 6.07) is 6.42. The lowest BCUT2D eigenvalue weighted by Crippen LogP contribution is -2.32. The van der Waals surface area contributed by atoms with Gasteiger partial charge in [0, 0.05) is 10.6 Å². The molecule has 0 spiro atoms. The van der Waals surface area contributed by atoms with E-state index in [1.165, 1.54) is 22.4 Å². The number of benzene rings is 1. The first-order valence-electron chi connectivity index (χ1n) is 5.70. The maximum Gasteiger partial charge on any atom is 0.235 e. The molecule has 1 fully saturated rings. The van der Waals surface area contributed by atoms with Crippen LogP contribution in [0.1, 0.15) is 30.4 Å². The number of rotatable bonds is 2. The van der Waals surface area contributed by atoms with Gasteiger partial charge in [-0.25, -0.2) is 4.79 Å². The fourth-order valence-corrected chi connectivity index (χ4v) is 3.92. The zero-order valence-electron chi connectivity index (χ0n) is 9.03. The van der Waals surface area contributed by atoms with Crippen LogP contribution in [0.4, 0.5) is 0 Å². The Kier molecular flexibility index (Phi) is 2.38. The van der Waals surface area contributed by atoms with Gasteiger partial charge in [-0.15, -0.1) is 11.8 Å². The summed E-state index contributed by atoms with van der Waals surface area (Å²) in [5.74, 6) is 1.16. The van der Waals surface area contributed by atoms with E-state index in [0.717, 1.165) is 25.0 Å². The summed E-state index contributed by atoms with van der Waals surface area (Å²) < 4.78 is 0. The van der Waals surface area contributed by atoms with Gasteiger partial charge in [0.25, 0.3) is 0 Å². The zero-order valence-corrected chi connectivity index (χ0v) is 9.85. The van der Waals surface area contributed by atoms with Gasteiger partial charge in [0.15, 0.2) is 0 Å². The largest absolute Gasteiger partial charge is 0.235 e. The Morgan fingerprint density at radius 2 is 2.25 bits per heavy atom. The Morgan fingerprint density at radius 1 is 1.38 bits per heavy atom. The molecule has 2 aliphatic rings. The van der Waals surface area contributed by atoms with Crippen molar-refractivity contribution in [2.45, 2.75) is 36.1 Å². The van der Waals surface area contributed by atoms with Gasteiger partial charge in [-0.1, -0.05) is 18.2 Å². The number of fused-ring (bicyclic) bond motifs is 1. The molecule has 0 aromatic heterocycles. The Balaban J connectivity index is 2.12. The number of hydrogen-bond acceptors (Lipinski definition) is 3. The summed E-state index contributed by atoms with van der Waals surface area (Å²) in [6.07, 6.45) is 6.08. The molecule has 1 aliphatic heterocycles. The lowest BCUT2D eigenvalue weighted by atomic mass is 9.72. The maximum absolute atomic E-state index is 10.6. The SMILES string of the molecule is O=C=NC1(c2cccc3c2SCC3)CCC1. The van der Waals surface area contributed by atoms with E-state index in [-0.39, 0.29) is 5.54 Å². The second-order valence-corrected chi connectivity index (χ2v) is 5.59. The summed E-state index contributed by atoms with van der Waals surface area (Å²) in [6.45, 7) is 0. The predicted molar refractivity (Wildman–Crippen MR) is 64.5 cm³/mol. The molecule has 1 aromatic carbocycles. The molecule has 0 saturated heterocycles. The second kappa shape index (κ2) is 3.76. The average molecular weight is 231 g/mol. The molecule has 1 heterocycles. The molecule has 82 valence electrons. The van der Waals surface area contributed by atoms with Gasteiger partial charge in [0.1, 0.15) is 0 Å². The Hall–Kier alpha value is -1.05. The van der Waals surface area contributed by atoms with Crippen molar-refractivity contribution in [1.29, 1.82) is 0 Å². The lowest BCUT2D eigenvalue weighted by molar-refractivity contribution is 0.251. The molecule has 0 unspecified atom stereocenters. The molecule has 0 radical (unpaired) electrons. The molecule has 16 heavy (non-hydrogen) atoms. The van der Waals surface area contributed by atoms with Gasteiger partial charge in [0.05, 0.1) is 5.54 Å². The lowest BCUT2D eigenvalue weighted by Gasteiger charge is -2.38. The highest BCUT2D eigenvalue weighted by Gasteiger charge is 2.41. The molecular formula is C13H13NOS. The number of thioether (sulfide) groups is 1. The summed E-state index contributed by atoms with van der Waals surface area (Å²) in [5, 5.41) is 0. The quantitative estimate of drug-likeness (QED) is 0.578. The van der Waals surface area contributed by atoms with Crippen LogP contribution in [0.15, 0.2) is 28.1 Å². The van der Waals surface area contributed by atoms with E-state index in [0.29, 0.717) is 0 Å². The van der Waals surface area contributed by atoms with Crippen molar-refractivity contribution < 1.29 is 4.79 Å². The van der Waals surface area contributed by atoms with Crippen molar-refractivity contribution in [3.63, 3.8) is 0 Å². The van der Waals surface area contributed by atoms with Gasteiger partial charge < -0.3 is 0 Å². The molecule has 1 saturated carbocycles. The smallest absolute Gasteiger partial charge is 0.211 e. The number of hydrogen-bond donors (Lipinski definition) is 0. The van der Waals surface area contributed by atoms with E-state index in [4.69, 9.17) is 0 Å². The first-order chi connectivity index (χ1) is 7.86. The summed E-state index contributed by atoms with van der Waals surface area (Å²) in [4.78, 5) is 16.1. The highest BCUT2D eigenvalue weighted by atomic mass is 32.2. The molecule has 2 nitrogen and oxygen atoms in total. The molecule has 0 bridgehead atoms. The van der Waals surface area contributed by atoms with Crippen molar-refractivity contribution >= 4 is 17.8 Å². The van der Waals surface area contributed by atoms with E-state index >= 15 is 0 Å². The molecule has 3 rings (SSSR count). The third kappa shape index (κ3) is 1.35. The normalized spacial score (nSPS) is 20.8. The van der Waals surface area contributed by atoms with Crippen molar-refractivity contribution in [2.75, 3.05) is 5.75 Å². The summed E-state index contributed by atoms with van der Waals surface area (Å²) in [5.41, 5.74) is 2.46. The molecule has 3 heteroatoms. The van der Waals surface area contributed by atoms with Gasteiger partial charge in [-0.2, -0.15) is 4.99 Å². The number of nitrogens with zero attached hydrogens (tertiary/aromatic N) is 1. The van der Waals surface area contributed by atoms with Crippen molar-refractivity contribution in [3.8, 4) is 0 Å². The van der Waals surface area contributed by atoms with Gasteiger partial charge in [-0.3, -0.25) is 0 Å². The van der Waals surface area contributed by atoms with Crippen LogP contribution < -0.4 is 0 Å². The van der Waals surface area contributed by atoms with Gasteiger partial charge >= 0.3 is 0 Å². The average Bonchev–Trinajstić information content (AvgIpc) is 2.71. The van der Waals surface area contributed by atoms with Crippen LogP contribution in [0.3, 0.4) is 0 Å². The number of carbonyl (C=O) groups excluding carboxylic acids is 1. The van der Waals surface area contributed by atoms with E-state index in [9.17, 15) is 4.79 Å². The van der Waals surface area contributed by atoms with Crippen LogP contribution in [-0.2, 0) is 16.8 Å². The fraction of sp³-hybridized carbons (Fsp3) is 0.462. The van der Waals surface area contributed by atoms with E-state index in [1.807, 2.05) is 11.8 Å². The van der Waals surface area contributed by atoms with Crippen molar-refractivity contribution in [3.05, 3.63) is 29.3 Å². The minimum absolute atomic E-state index is 0.232. The number of aryl methyl sites for hydroxylation is 1. The van der Waals surface area contributed by atoms with E-state index < -0.39 is 0 Å². The molecule has 0 amide bonds. The first kappa shape index (κ1) is 10.1. The van der Waals surface area contributed by atoms with E-state index in [2.05, 4.69) is 23.2 Å². The summed E-state index contributed by atoms with van der Waals surface area (Å²) >= 11 is 1.91. The fourth-order valence-electron chi connectivity index (χ4n) is 2.62. The molecule has 0 atom stereocenters. The molecule has 0 N–H and O–H groups in total. The number of aliphatic imine (C=N–C) groups is 1. The van der Waals surface area contributed by atoms with Crippen LogP contribution in [0.25, 0.3) is 0 Å². The molecular weight excluding hydrogens is 218 g/mol. The molecule has 1 aromatic rings. The second-order valence-electron chi connectivity index (χ2n) is 4.48. The van der Waals surface area contributed by atoms with Crippen molar-refractivity contribution in [2.24, 2.45) is 4.99 Å². The van der Waals surface area contributed by atoms with Crippen LogP contribution in [0.5, 0.6) is 0 Å². The monoisotopic (exact) mass is 231 g/mol. The minimum Gasteiger partial charge on any atom is -0.211 e. The van der Waals surface area contributed by atoms with Crippen molar-refractivity contribution in [1.82, 2.24) is 0 Å².